The molecule has 1 fully saturated rings. The van der Waals surface area contributed by atoms with Crippen molar-refractivity contribution in [1.82, 2.24) is 19.4 Å². The number of hydrogen-bond donors (Lipinski definition) is 0. The average molecular weight is 346 g/mol. The number of esters is 1. The van der Waals surface area contributed by atoms with E-state index in [1.165, 1.54) is 7.11 Å². The van der Waals surface area contributed by atoms with Gasteiger partial charge in [-0.3, -0.25) is 9.80 Å². The molecule has 1 aliphatic rings. The van der Waals surface area contributed by atoms with Crippen molar-refractivity contribution in [2.45, 2.75) is 26.4 Å². The number of aromatic nitrogens is 2. The Morgan fingerprint density at radius 1 is 1.20 bits per heavy atom. The Morgan fingerprint density at radius 3 is 2.68 bits per heavy atom. The van der Waals surface area contributed by atoms with E-state index >= 15 is 0 Å². The number of rotatable bonds is 7. The highest BCUT2D eigenvalue weighted by Crippen LogP contribution is 2.13. The highest BCUT2D eigenvalue weighted by Gasteiger charge is 2.19. The SMILES string of the molecule is CCc1nccn1CCN1CCN(Cc2ccc(C(=O)OC)o2)CC1. The van der Waals surface area contributed by atoms with Gasteiger partial charge in [0.2, 0.25) is 5.76 Å². The van der Waals surface area contributed by atoms with E-state index < -0.39 is 5.97 Å². The second-order valence-electron chi connectivity index (χ2n) is 6.27. The highest BCUT2D eigenvalue weighted by molar-refractivity contribution is 5.86. The minimum Gasteiger partial charge on any atom is -0.463 e. The number of carbonyl (C=O) groups excluding carboxylic acids is 1. The molecule has 0 bridgehead atoms. The number of aryl methyl sites for hydroxylation is 1. The van der Waals surface area contributed by atoms with E-state index in [-0.39, 0.29) is 5.76 Å². The Kier molecular flexibility index (Phi) is 5.88. The van der Waals surface area contributed by atoms with Gasteiger partial charge < -0.3 is 13.7 Å². The fourth-order valence-electron chi connectivity index (χ4n) is 3.17. The maximum absolute atomic E-state index is 11.4. The molecule has 7 nitrogen and oxygen atoms in total. The van der Waals surface area contributed by atoms with Crippen LogP contribution in [0.4, 0.5) is 0 Å². The maximum Gasteiger partial charge on any atom is 0.373 e. The van der Waals surface area contributed by atoms with Gasteiger partial charge in [-0.05, 0) is 12.1 Å². The Morgan fingerprint density at radius 2 is 1.96 bits per heavy atom. The first-order valence-electron chi connectivity index (χ1n) is 8.81. The number of furan rings is 1. The Labute approximate surface area is 148 Å². The Hall–Kier alpha value is -2.12. The molecule has 0 saturated carbocycles. The zero-order valence-corrected chi connectivity index (χ0v) is 15.0. The Bertz CT molecular complexity index is 686. The predicted octanol–water partition coefficient (Wildman–Crippen LogP) is 1.64. The zero-order chi connectivity index (χ0) is 17.6. The lowest BCUT2D eigenvalue weighted by atomic mass is 10.3. The van der Waals surface area contributed by atoms with E-state index in [1.54, 1.807) is 6.07 Å². The second-order valence-corrected chi connectivity index (χ2v) is 6.27. The van der Waals surface area contributed by atoms with Crippen molar-refractivity contribution < 1.29 is 13.9 Å². The third-order valence-electron chi connectivity index (χ3n) is 4.67. The third-order valence-corrected chi connectivity index (χ3v) is 4.67. The van der Waals surface area contributed by atoms with E-state index in [4.69, 9.17) is 4.42 Å². The summed E-state index contributed by atoms with van der Waals surface area (Å²) < 4.78 is 12.5. The van der Waals surface area contributed by atoms with E-state index in [0.29, 0.717) is 0 Å². The quantitative estimate of drug-likeness (QED) is 0.710. The lowest BCUT2D eigenvalue weighted by Gasteiger charge is -2.34. The van der Waals surface area contributed by atoms with Gasteiger partial charge in [-0.1, -0.05) is 6.92 Å². The van der Waals surface area contributed by atoms with Crippen LogP contribution in [0.25, 0.3) is 0 Å². The van der Waals surface area contributed by atoms with Gasteiger partial charge in [0.15, 0.2) is 0 Å². The molecule has 25 heavy (non-hydrogen) atoms. The lowest BCUT2D eigenvalue weighted by Crippen LogP contribution is -2.46. The maximum atomic E-state index is 11.4. The van der Waals surface area contributed by atoms with Crippen LogP contribution < -0.4 is 0 Å². The molecule has 0 amide bonds. The summed E-state index contributed by atoms with van der Waals surface area (Å²) in [4.78, 5) is 20.6. The van der Waals surface area contributed by atoms with E-state index in [9.17, 15) is 4.79 Å². The molecule has 0 aliphatic carbocycles. The molecule has 2 aromatic rings. The van der Waals surface area contributed by atoms with Crippen LogP contribution in [0.5, 0.6) is 0 Å². The van der Waals surface area contributed by atoms with Gasteiger partial charge in [-0.15, -0.1) is 0 Å². The average Bonchev–Trinajstić information content (AvgIpc) is 3.29. The summed E-state index contributed by atoms with van der Waals surface area (Å²) in [7, 11) is 1.36. The van der Waals surface area contributed by atoms with Gasteiger partial charge >= 0.3 is 5.97 Å². The number of imidazole rings is 1. The van der Waals surface area contributed by atoms with E-state index in [0.717, 1.165) is 63.8 Å². The van der Waals surface area contributed by atoms with E-state index in [1.807, 2.05) is 12.3 Å². The number of methoxy groups -OCH3 is 1. The summed E-state index contributed by atoms with van der Waals surface area (Å²) in [6.07, 6.45) is 4.91. The van der Waals surface area contributed by atoms with Gasteiger partial charge in [0.1, 0.15) is 11.6 Å². The van der Waals surface area contributed by atoms with Crippen LogP contribution in [-0.2, 0) is 24.2 Å². The van der Waals surface area contributed by atoms with Crippen molar-refractivity contribution in [3.63, 3.8) is 0 Å². The first-order chi connectivity index (χ1) is 12.2. The molecular formula is C18H26N4O3. The monoisotopic (exact) mass is 346 g/mol. The highest BCUT2D eigenvalue weighted by atomic mass is 16.5. The topological polar surface area (TPSA) is 63.7 Å². The smallest absolute Gasteiger partial charge is 0.373 e. The molecule has 0 radical (unpaired) electrons. The minimum absolute atomic E-state index is 0.267. The molecule has 7 heteroatoms. The molecule has 0 atom stereocenters. The van der Waals surface area contributed by atoms with Crippen LogP contribution in [0.15, 0.2) is 28.9 Å². The molecule has 1 saturated heterocycles. The van der Waals surface area contributed by atoms with Crippen molar-refractivity contribution in [3.05, 3.63) is 41.9 Å². The van der Waals surface area contributed by atoms with Gasteiger partial charge in [0.25, 0.3) is 0 Å². The van der Waals surface area contributed by atoms with Gasteiger partial charge in [0.05, 0.1) is 13.7 Å². The Balaban J connectivity index is 1.42. The first kappa shape index (κ1) is 17.7. The number of hydrogen-bond acceptors (Lipinski definition) is 6. The molecule has 0 aromatic carbocycles. The number of ether oxygens (including phenoxy) is 1. The van der Waals surface area contributed by atoms with Crippen molar-refractivity contribution in [2.24, 2.45) is 0 Å². The molecule has 2 aromatic heterocycles. The molecule has 0 spiro atoms. The minimum atomic E-state index is -0.429. The number of nitrogens with zero attached hydrogens (tertiary/aromatic N) is 4. The fraction of sp³-hybridized carbons (Fsp3) is 0.556. The van der Waals surface area contributed by atoms with Crippen molar-refractivity contribution >= 4 is 5.97 Å². The number of carbonyl (C=O) groups is 1. The molecular weight excluding hydrogens is 320 g/mol. The molecule has 3 rings (SSSR count). The molecule has 1 aliphatic heterocycles. The van der Waals surface area contributed by atoms with Gasteiger partial charge in [0, 0.05) is 58.1 Å². The van der Waals surface area contributed by atoms with Crippen LogP contribution >= 0.6 is 0 Å². The molecule has 3 heterocycles. The summed E-state index contributed by atoms with van der Waals surface area (Å²) in [5, 5.41) is 0. The normalized spacial score (nSPS) is 16.2. The summed E-state index contributed by atoms with van der Waals surface area (Å²) >= 11 is 0. The summed E-state index contributed by atoms with van der Waals surface area (Å²) in [5.74, 6) is 1.79. The summed E-state index contributed by atoms with van der Waals surface area (Å²) in [6.45, 7) is 8.98. The lowest BCUT2D eigenvalue weighted by molar-refractivity contribution is 0.0559. The van der Waals surface area contributed by atoms with Crippen LogP contribution in [0, 0.1) is 0 Å². The fourth-order valence-corrected chi connectivity index (χ4v) is 3.17. The first-order valence-corrected chi connectivity index (χ1v) is 8.81. The summed E-state index contributed by atoms with van der Waals surface area (Å²) in [6, 6.07) is 3.53. The molecule has 136 valence electrons. The van der Waals surface area contributed by atoms with Crippen molar-refractivity contribution in [2.75, 3.05) is 39.8 Å². The van der Waals surface area contributed by atoms with Crippen LogP contribution in [0.1, 0.15) is 29.1 Å². The van der Waals surface area contributed by atoms with Crippen LogP contribution in [0.2, 0.25) is 0 Å². The van der Waals surface area contributed by atoms with Gasteiger partial charge in [-0.25, -0.2) is 9.78 Å². The van der Waals surface area contributed by atoms with Gasteiger partial charge in [-0.2, -0.15) is 0 Å². The standard InChI is InChI=1S/C18H26N4O3/c1-3-17-19-6-7-22(17)13-12-20-8-10-21(11-9-20)14-15-4-5-16(25-15)18(23)24-2/h4-7H,3,8-14H2,1-2H3. The third kappa shape index (κ3) is 4.49. The second kappa shape index (κ2) is 8.31. The zero-order valence-electron chi connectivity index (χ0n) is 15.0. The predicted molar refractivity (Wildman–Crippen MR) is 93.4 cm³/mol. The molecule has 0 unspecified atom stereocenters. The molecule has 0 N–H and O–H groups in total. The van der Waals surface area contributed by atoms with Crippen LogP contribution in [-0.4, -0.2) is 65.2 Å². The van der Waals surface area contributed by atoms with Crippen molar-refractivity contribution in [3.8, 4) is 0 Å². The number of piperazine rings is 1. The van der Waals surface area contributed by atoms with Crippen molar-refractivity contribution in [1.29, 1.82) is 0 Å². The van der Waals surface area contributed by atoms with Crippen LogP contribution in [0.3, 0.4) is 0 Å². The van der Waals surface area contributed by atoms with E-state index in [2.05, 4.69) is 37.2 Å². The summed E-state index contributed by atoms with van der Waals surface area (Å²) in [5.41, 5.74) is 0. The largest absolute Gasteiger partial charge is 0.463 e.